The molecule has 25 heavy (non-hydrogen) atoms. The van der Waals surface area contributed by atoms with Crippen LogP contribution in [-0.2, 0) is 6.54 Å². The summed E-state index contributed by atoms with van der Waals surface area (Å²) in [5.74, 6) is 1.27. The van der Waals surface area contributed by atoms with E-state index in [2.05, 4.69) is 50.6 Å². The number of carbonyl (C=O) groups is 1. The number of hydrogen-bond acceptors (Lipinski definition) is 4. The highest BCUT2D eigenvalue weighted by atomic mass is 79.9. The predicted molar refractivity (Wildman–Crippen MR) is 105 cm³/mol. The molecule has 0 aliphatic carbocycles. The fraction of sp³-hybridized carbons (Fsp3) is 0.211. The second-order valence-corrected chi connectivity index (χ2v) is 7.44. The van der Waals surface area contributed by atoms with Crippen LogP contribution in [0.3, 0.4) is 0 Å². The number of carbonyl (C=O) groups excluding carboxylic acids is 1. The smallest absolute Gasteiger partial charge is 0.191 e. The van der Waals surface area contributed by atoms with Gasteiger partial charge in [-0.1, -0.05) is 64.1 Å². The molecule has 0 bridgehead atoms. The second kappa shape index (κ2) is 7.97. The number of rotatable bonds is 6. The molecule has 0 spiro atoms. The molecule has 0 saturated heterocycles. The first kappa shape index (κ1) is 17.9. The molecular weight excluding hydrogens is 398 g/mol. The molecule has 0 N–H and O–H groups in total. The van der Waals surface area contributed by atoms with Gasteiger partial charge in [-0.15, -0.1) is 10.2 Å². The molecule has 0 saturated carbocycles. The summed E-state index contributed by atoms with van der Waals surface area (Å²) in [6, 6.07) is 15.5. The van der Waals surface area contributed by atoms with Crippen LogP contribution in [-0.4, -0.2) is 26.3 Å². The Balaban J connectivity index is 1.78. The van der Waals surface area contributed by atoms with Crippen molar-refractivity contribution in [1.29, 1.82) is 0 Å². The molecule has 1 aromatic heterocycles. The van der Waals surface area contributed by atoms with Gasteiger partial charge in [-0.25, -0.2) is 0 Å². The van der Waals surface area contributed by atoms with E-state index < -0.39 is 0 Å². The lowest BCUT2D eigenvalue weighted by Crippen LogP contribution is -2.05. The Morgan fingerprint density at radius 1 is 1.12 bits per heavy atom. The number of aromatic nitrogens is 3. The highest BCUT2D eigenvalue weighted by Crippen LogP contribution is 2.26. The van der Waals surface area contributed by atoms with Gasteiger partial charge >= 0.3 is 0 Å². The summed E-state index contributed by atoms with van der Waals surface area (Å²) < 4.78 is 3.02. The van der Waals surface area contributed by atoms with Gasteiger partial charge in [0, 0.05) is 22.1 Å². The first-order valence-electron chi connectivity index (χ1n) is 8.01. The minimum atomic E-state index is 0.0839. The summed E-state index contributed by atoms with van der Waals surface area (Å²) in [4.78, 5) is 12.4. The van der Waals surface area contributed by atoms with Gasteiger partial charge in [-0.3, -0.25) is 4.79 Å². The lowest BCUT2D eigenvalue weighted by atomic mass is 10.1. The van der Waals surface area contributed by atoms with E-state index in [9.17, 15) is 4.79 Å². The predicted octanol–water partition coefficient (Wildman–Crippen LogP) is 5.01. The van der Waals surface area contributed by atoms with Gasteiger partial charge in [0.1, 0.15) is 0 Å². The Hall–Kier alpha value is -1.92. The van der Waals surface area contributed by atoms with Crippen LogP contribution in [0.2, 0.25) is 0 Å². The summed E-state index contributed by atoms with van der Waals surface area (Å²) in [6.07, 6.45) is 0. The third-order valence-electron chi connectivity index (χ3n) is 3.92. The monoisotopic (exact) mass is 415 g/mol. The zero-order valence-corrected chi connectivity index (χ0v) is 16.5. The van der Waals surface area contributed by atoms with E-state index in [1.54, 1.807) is 0 Å². The molecule has 0 fully saturated rings. The molecule has 0 aliphatic rings. The average molecular weight is 416 g/mol. The van der Waals surface area contributed by atoms with Gasteiger partial charge in [0.25, 0.3) is 0 Å². The Morgan fingerprint density at radius 2 is 1.84 bits per heavy atom. The number of thioether (sulfide) groups is 1. The molecule has 128 valence electrons. The average Bonchev–Trinajstić information content (AvgIpc) is 3.03. The van der Waals surface area contributed by atoms with Crippen LogP contribution >= 0.6 is 27.7 Å². The van der Waals surface area contributed by atoms with Crippen molar-refractivity contribution in [2.24, 2.45) is 0 Å². The van der Waals surface area contributed by atoms with E-state index in [1.807, 2.05) is 42.5 Å². The van der Waals surface area contributed by atoms with Crippen LogP contribution in [0.4, 0.5) is 0 Å². The fourth-order valence-electron chi connectivity index (χ4n) is 2.55. The minimum absolute atomic E-state index is 0.0839. The van der Waals surface area contributed by atoms with Crippen LogP contribution in [0.5, 0.6) is 0 Å². The van der Waals surface area contributed by atoms with E-state index in [-0.39, 0.29) is 5.78 Å². The standard InChI is InChI=1S/C19H18BrN3OS/c1-3-23-18(16-7-5-4-6-13(16)2)21-22-19(23)25-12-17(24)14-8-10-15(20)11-9-14/h4-11H,3,12H2,1-2H3. The second-order valence-electron chi connectivity index (χ2n) is 5.58. The third-order valence-corrected chi connectivity index (χ3v) is 5.41. The molecule has 4 nitrogen and oxygen atoms in total. The maximum absolute atomic E-state index is 12.4. The Kier molecular flexibility index (Phi) is 5.71. The summed E-state index contributed by atoms with van der Waals surface area (Å²) in [6.45, 7) is 4.88. The van der Waals surface area contributed by atoms with Gasteiger partial charge in [0.15, 0.2) is 16.8 Å². The summed E-state index contributed by atoms with van der Waals surface area (Å²) in [5.41, 5.74) is 2.94. The van der Waals surface area contributed by atoms with E-state index in [0.29, 0.717) is 11.3 Å². The van der Waals surface area contributed by atoms with Crippen LogP contribution in [0, 0.1) is 6.92 Å². The topological polar surface area (TPSA) is 47.8 Å². The summed E-state index contributed by atoms with van der Waals surface area (Å²) >= 11 is 4.81. The SMILES string of the molecule is CCn1c(SCC(=O)c2ccc(Br)cc2)nnc1-c1ccccc1C. The van der Waals surface area contributed by atoms with Crippen LogP contribution < -0.4 is 0 Å². The van der Waals surface area contributed by atoms with Crippen molar-refractivity contribution < 1.29 is 4.79 Å². The van der Waals surface area contributed by atoms with Gasteiger partial charge in [0.05, 0.1) is 5.75 Å². The maximum Gasteiger partial charge on any atom is 0.191 e. The third kappa shape index (κ3) is 4.02. The molecule has 0 atom stereocenters. The van der Waals surface area contributed by atoms with E-state index in [0.717, 1.165) is 33.1 Å². The minimum Gasteiger partial charge on any atom is -0.302 e. The van der Waals surface area contributed by atoms with Crippen molar-refractivity contribution in [1.82, 2.24) is 14.8 Å². The number of ketones is 1. The first-order chi connectivity index (χ1) is 12.1. The number of aryl methyl sites for hydroxylation is 1. The molecular formula is C19H18BrN3OS. The number of benzene rings is 2. The van der Waals surface area contributed by atoms with Gasteiger partial charge < -0.3 is 4.57 Å². The number of Topliss-reactive ketones (excluding diaryl/α,β-unsaturated/α-hetero) is 1. The quantitative estimate of drug-likeness (QED) is 0.419. The number of halogens is 1. The summed E-state index contributed by atoms with van der Waals surface area (Å²) in [7, 11) is 0. The molecule has 3 rings (SSSR count). The zero-order valence-electron chi connectivity index (χ0n) is 14.1. The van der Waals surface area contributed by atoms with Crippen LogP contribution in [0.15, 0.2) is 58.2 Å². The fourth-order valence-corrected chi connectivity index (χ4v) is 3.71. The maximum atomic E-state index is 12.4. The van der Waals surface area contributed by atoms with E-state index in [4.69, 9.17) is 0 Å². The molecule has 0 radical (unpaired) electrons. The number of nitrogens with zero attached hydrogens (tertiary/aromatic N) is 3. The largest absolute Gasteiger partial charge is 0.302 e. The summed E-state index contributed by atoms with van der Waals surface area (Å²) in [5, 5.41) is 9.43. The van der Waals surface area contributed by atoms with Crippen molar-refractivity contribution in [3.05, 3.63) is 64.1 Å². The highest BCUT2D eigenvalue weighted by molar-refractivity contribution is 9.10. The first-order valence-corrected chi connectivity index (χ1v) is 9.78. The lowest BCUT2D eigenvalue weighted by Gasteiger charge is -2.09. The Morgan fingerprint density at radius 3 is 2.52 bits per heavy atom. The zero-order chi connectivity index (χ0) is 17.8. The Labute approximate surface area is 159 Å². The van der Waals surface area contributed by atoms with E-state index >= 15 is 0 Å². The molecule has 0 amide bonds. The molecule has 6 heteroatoms. The number of hydrogen-bond donors (Lipinski definition) is 0. The highest BCUT2D eigenvalue weighted by Gasteiger charge is 2.16. The van der Waals surface area contributed by atoms with Crippen molar-refractivity contribution in [2.75, 3.05) is 5.75 Å². The molecule has 0 aliphatic heterocycles. The van der Waals surface area contributed by atoms with Crippen molar-refractivity contribution in [2.45, 2.75) is 25.5 Å². The lowest BCUT2D eigenvalue weighted by molar-refractivity contribution is 0.102. The van der Waals surface area contributed by atoms with Crippen molar-refractivity contribution >= 4 is 33.5 Å². The molecule has 3 aromatic rings. The van der Waals surface area contributed by atoms with Crippen molar-refractivity contribution in [3.8, 4) is 11.4 Å². The Bertz CT molecular complexity index is 890. The van der Waals surface area contributed by atoms with Gasteiger partial charge in [-0.05, 0) is 31.5 Å². The van der Waals surface area contributed by atoms with Crippen molar-refractivity contribution in [3.63, 3.8) is 0 Å². The molecule has 2 aromatic carbocycles. The molecule has 0 unspecified atom stereocenters. The van der Waals surface area contributed by atoms with E-state index in [1.165, 1.54) is 11.8 Å². The normalized spacial score (nSPS) is 10.8. The molecule has 1 heterocycles. The van der Waals surface area contributed by atoms with Gasteiger partial charge in [0.2, 0.25) is 0 Å². The van der Waals surface area contributed by atoms with Crippen LogP contribution in [0.1, 0.15) is 22.8 Å². The van der Waals surface area contributed by atoms with Crippen LogP contribution in [0.25, 0.3) is 11.4 Å². The van der Waals surface area contributed by atoms with Gasteiger partial charge in [-0.2, -0.15) is 0 Å².